The Morgan fingerprint density at radius 2 is 1.69 bits per heavy atom. The Balaban J connectivity index is 1.71. The van der Waals surface area contributed by atoms with Crippen molar-refractivity contribution >= 4 is 23.7 Å². The van der Waals surface area contributed by atoms with Crippen molar-refractivity contribution in [3.8, 4) is 0 Å². The van der Waals surface area contributed by atoms with E-state index in [0.29, 0.717) is 31.6 Å². The van der Waals surface area contributed by atoms with Gasteiger partial charge in [0.05, 0.1) is 5.69 Å². The van der Waals surface area contributed by atoms with Gasteiger partial charge in [-0.15, -0.1) is 0 Å². The smallest absolute Gasteiger partial charge is 0.410 e. The molecule has 0 atom stereocenters. The van der Waals surface area contributed by atoms with Crippen molar-refractivity contribution in [2.75, 3.05) is 18.0 Å². The number of hydrogen-bond donors (Lipinski definition) is 1. The molecule has 7 heteroatoms. The van der Waals surface area contributed by atoms with Gasteiger partial charge in [0.15, 0.2) is 0 Å². The second kappa shape index (κ2) is 6.30. The summed E-state index contributed by atoms with van der Waals surface area (Å²) in [7, 11) is 0. The average molecular weight is 359 g/mol. The molecule has 7 nitrogen and oxygen atoms in total. The summed E-state index contributed by atoms with van der Waals surface area (Å²) >= 11 is 0. The van der Waals surface area contributed by atoms with Gasteiger partial charge in [0, 0.05) is 13.1 Å². The van der Waals surface area contributed by atoms with Crippen LogP contribution in [-0.4, -0.2) is 47.2 Å². The van der Waals surface area contributed by atoms with Crippen molar-refractivity contribution in [2.45, 2.75) is 51.7 Å². The molecule has 2 fully saturated rings. The summed E-state index contributed by atoms with van der Waals surface area (Å²) in [5.74, 6) is -0.254. The van der Waals surface area contributed by atoms with Gasteiger partial charge in [0.1, 0.15) is 11.1 Å². The average Bonchev–Trinajstić information content (AvgIpc) is 2.78. The summed E-state index contributed by atoms with van der Waals surface area (Å²) in [4.78, 5) is 40.4. The Hall–Kier alpha value is -2.57. The minimum absolute atomic E-state index is 0.254. The number of carbonyl (C=O) groups is 3. The van der Waals surface area contributed by atoms with Crippen LogP contribution in [0.1, 0.15) is 39.2 Å². The fourth-order valence-corrected chi connectivity index (χ4v) is 3.29. The lowest BCUT2D eigenvalue weighted by atomic mass is 9.87. The van der Waals surface area contributed by atoms with Gasteiger partial charge in [-0.05, 0) is 52.7 Å². The lowest BCUT2D eigenvalue weighted by Gasteiger charge is -2.37. The fraction of sp³-hybridized carbons (Fsp3) is 0.526. The zero-order valence-corrected chi connectivity index (χ0v) is 15.7. The van der Waals surface area contributed by atoms with Crippen LogP contribution in [0.3, 0.4) is 0 Å². The first-order valence-corrected chi connectivity index (χ1v) is 8.83. The van der Waals surface area contributed by atoms with Crippen LogP contribution in [0.4, 0.5) is 15.3 Å². The highest BCUT2D eigenvalue weighted by atomic mass is 16.6. The first kappa shape index (κ1) is 18.2. The molecule has 0 unspecified atom stereocenters. The van der Waals surface area contributed by atoms with E-state index in [2.05, 4.69) is 5.32 Å². The molecule has 4 amide bonds. The molecule has 0 aliphatic carbocycles. The number of urea groups is 1. The number of carbonyl (C=O) groups excluding carboxylic acids is 3. The predicted molar refractivity (Wildman–Crippen MR) is 97.0 cm³/mol. The third kappa shape index (κ3) is 3.38. The Labute approximate surface area is 153 Å². The number of nitrogens with one attached hydrogen (secondary N) is 1. The molecule has 0 bridgehead atoms. The first-order valence-electron chi connectivity index (χ1n) is 8.83. The van der Waals surface area contributed by atoms with Crippen LogP contribution in [0.25, 0.3) is 0 Å². The number of piperidine rings is 1. The Morgan fingerprint density at radius 1 is 1.12 bits per heavy atom. The van der Waals surface area contributed by atoms with E-state index in [0.717, 1.165) is 5.56 Å². The molecule has 2 aliphatic heterocycles. The van der Waals surface area contributed by atoms with Crippen LogP contribution in [0.15, 0.2) is 24.3 Å². The van der Waals surface area contributed by atoms with Crippen LogP contribution in [0.2, 0.25) is 0 Å². The minimum Gasteiger partial charge on any atom is -0.444 e. The highest BCUT2D eigenvalue weighted by Crippen LogP contribution is 2.33. The van der Waals surface area contributed by atoms with E-state index >= 15 is 0 Å². The Bertz CT molecular complexity index is 728. The summed E-state index contributed by atoms with van der Waals surface area (Å²) in [6.07, 6.45) is 0.359. The maximum absolute atomic E-state index is 13.0. The minimum atomic E-state index is -0.944. The van der Waals surface area contributed by atoms with Crippen LogP contribution in [-0.2, 0) is 9.53 Å². The molecule has 1 aromatic rings. The van der Waals surface area contributed by atoms with E-state index in [1.807, 2.05) is 39.8 Å². The van der Waals surface area contributed by atoms with Gasteiger partial charge in [-0.25, -0.2) is 14.5 Å². The summed E-state index contributed by atoms with van der Waals surface area (Å²) in [5.41, 5.74) is 0.109. The molecule has 0 radical (unpaired) electrons. The SMILES string of the molecule is Cc1ccc(N2C(=O)NC3(CCN(C(=O)OC(C)(C)C)CC3)C2=O)cc1. The quantitative estimate of drug-likeness (QED) is 0.782. The van der Waals surface area contributed by atoms with E-state index in [9.17, 15) is 14.4 Å². The molecule has 3 rings (SSSR count). The van der Waals surface area contributed by atoms with Crippen molar-refractivity contribution in [3.05, 3.63) is 29.8 Å². The van der Waals surface area contributed by atoms with E-state index in [4.69, 9.17) is 4.74 Å². The van der Waals surface area contributed by atoms with Crippen molar-refractivity contribution in [3.63, 3.8) is 0 Å². The van der Waals surface area contributed by atoms with E-state index in [1.165, 1.54) is 4.90 Å². The molecule has 2 heterocycles. The van der Waals surface area contributed by atoms with Crippen LogP contribution >= 0.6 is 0 Å². The third-order valence-corrected chi connectivity index (χ3v) is 4.72. The molecular weight excluding hydrogens is 334 g/mol. The first-order chi connectivity index (χ1) is 12.1. The molecule has 1 aromatic carbocycles. The molecule has 1 N–H and O–H groups in total. The van der Waals surface area contributed by atoms with Crippen LogP contribution in [0.5, 0.6) is 0 Å². The molecule has 0 aromatic heterocycles. The number of anilines is 1. The third-order valence-electron chi connectivity index (χ3n) is 4.72. The molecule has 2 saturated heterocycles. The van der Waals surface area contributed by atoms with Crippen LogP contribution < -0.4 is 10.2 Å². The van der Waals surface area contributed by atoms with Gasteiger partial charge < -0.3 is 15.0 Å². The van der Waals surface area contributed by atoms with Gasteiger partial charge in [-0.2, -0.15) is 0 Å². The monoisotopic (exact) mass is 359 g/mol. The van der Waals surface area contributed by atoms with Gasteiger partial charge in [-0.3, -0.25) is 4.79 Å². The molecule has 1 spiro atoms. The summed E-state index contributed by atoms with van der Waals surface area (Å²) in [6, 6.07) is 6.85. The number of nitrogens with zero attached hydrogens (tertiary/aromatic N) is 2. The highest BCUT2D eigenvalue weighted by Gasteiger charge is 2.53. The van der Waals surface area contributed by atoms with Crippen molar-refractivity contribution in [1.29, 1.82) is 0 Å². The lowest BCUT2D eigenvalue weighted by Crippen LogP contribution is -2.56. The maximum atomic E-state index is 13.0. The zero-order chi connectivity index (χ0) is 19.1. The fourth-order valence-electron chi connectivity index (χ4n) is 3.29. The standard InChI is InChI=1S/C19H25N3O4/c1-13-5-7-14(8-6-13)22-15(23)19(20-16(22)24)9-11-21(12-10-19)17(25)26-18(2,3)4/h5-8H,9-12H2,1-4H3,(H,20,24). The molecule has 0 saturated carbocycles. The van der Waals surface area contributed by atoms with E-state index in [-0.39, 0.29) is 12.0 Å². The lowest BCUT2D eigenvalue weighted by molar-refractivity contribution is -0.123. The number of benzene rings is 1. The number of hydrogen-bond acceptors (Lipinski definition) is 4. The number of imide groups is 1. The van der Waals surface area contributed by atoms with Crippen molar-refractivity contribution in [2.24, 2.45) is 0 Å². The number of likely N-dealkylation sites (tertiary alicyclic amines) is 1. The summed E-state index contributed by atoms with van der Waals surface area (Å²) in [6.45, 7) is 8.12. The van der Waals surface area contributed by atoms with Gasteiger partial charge in [0.2, 0.25) is 0 Å². The molecule has 140 valence electrons. The van der Waals surface area contributed by atoms with Crippen molar-refractivity contribution in [1.82, 2.24) is 10.2 Å². The number of rotatable bonds is 1. The summed E-state index contributed by atoms with van der Waals surface area (Å²) < 4.78 is 5.38. The van der Waals surface area contributed by atoms with E-state index < -0.39 is 17.2 Å². The number of amides is 4. The molecule has 26 heavy (non-hydrogen) atoms. The van der Waals surface area contributed by atoms with Gasteiger partial charge >= 0.3 is 12.1 Å². The highest BCUT2D eigenvalue weighted by molar-refractivity contribution is 6.23. The second-order valence-electron chi connectivity index (χ2n) is 7.96. The predicted octanol–water partition coefficient (Wildman–Crippen LogP) is 2.82. The second-order valence-corrected chi connectivity index (χ2v) is 7.96. The Morgan fingerprint density at radius 3 is 2.23 bits per heavy atom. The van der Waals surface area contributed by atoms with Gasteiger partial charge in [0.25, 0.3) is 5.91 Å². The van der Waals surface area contributed by atoms with Crippen LogP contribution in [0, 0.1) is 6.92 Å². The summed E-state index contributed by atoms with van der Waals surface area (Å²) in [5, 5.41) is 2.85. The topological polar surface area (TPSA) is 79.0 Å². The zero-order valence-electron chi connectivity index (χ0n) is 15.7. The molecular formula is C19H25N3O4. The van der Waals surface area contributed by atoms with E-state index in [1.54, 1.807) is 17.0 Å². The number of ether oxygens (including phenoxy) is 1. The normalized spacial score (nSPS) is 19.7. The van der Waals surface area contributed by atoms with Gasteiger partial charge in [-0.1, -0.05) is 17.7 Å². The maximum Gasteiger partial charge on any atom is 0.410 e. The van der Waals surface area contributed by atoms with Crippen molar-refractivity contribution < 1.29 is 19.1 Å². The Kier molecular flexibility index (Phi) is 4.42. The largest absolute Gasteiger partial charge is 0.444 e. The molecule has 2 aliphatic rings. The number of aryl methyl sites for hydroxylation is 1.